The molecule has 1 aromatic heterocycles. The Bertz CT molecular complexity index is 1270. The highest BCUT2D eigenvalue weighted by Gasteiger charge is 2.34. The molecule has 3 aromatic rings. The van der Waals surface area contributed by atoms with Gasteiger partial charge in [-0.15, -0.1) is 10.2 Å². The fourth-order valence-electron chi connectivity index (χ4n) is 3.15. The third-order valence-corrected chi connectivity index (χ3v) is 6.57. The van der Waals surface area contributed by atoms with E-state index < -0.39 is 11.7 Å². The molecule has 1 fully saturated rings. The molecule has 0 radical (unpaired) electrons. The van der Waals surface area contributed by atoms with E-state index in [-0.39, 0.29) is 11.4 Å². The van der Waals surface area contributed by atoms with E-state index in [0.717, 1.165) is 12.8 Å². The summed E-state index contributed by atoms with van der Waals surface area (Å²) in [5, 5.41) is 9.22. The third kappa shape index (κ3) is 4.30. The summed E-state index contributed by atoms with van der Waals surface area (Å²) < 4.78 is 20.2. The topological polar surface area (TPSA) is 71.6 Å². The maximum atomic E-state index is 14.6. The summed E-state index contributed by atoms with van der Waals surface area (Å²) in [5.41, 5.74) is 0.918. The van der Waals surface area contributed by atoms with E-state index in [4.69, 9.17) is 27.6 Å². The number of para-hydroxylation sites is 1. The molecular formula is C22H15Cl2FN4O2S. The van der Waals surface area contributed by atoms with Crippen molar-refractivity contribution in [3.05, 3.63) is 81.4 Å². The number of nitrogens with zero attached hydrogens (tertiary/aromatic N) is 4. The number of hydrogen-bond donors (Lipinski definition) is 0. The zero-order valence-electron chi connectivity index (χ0n) is 16.5. The molecule has 0 unspecified atom stereocenters. The molecule has 2 aromatic carbocycles. The molecule has 0 spiro atoms. The normalized spacial score (nSPS) is 17.3. The van der Waals surface area contributed by atoms with Crippen LogP contribution in [0.2, 0.25) is 10.0 Å². The van der Waals surface area contributed by atoms with Gasteiger partial charge in [0, 0.05) is 5.92 Å². The standard InChI is InChI=1S/C22H15Cl2FN4O2S/c23-14-8-5-12(9-15(14)24)10-17-21(30)29(18-4-2-1-3-16(18)25)22(26-17)32-11-19-27-28-20(31-19)13-6-7-13/h1-5,8-10,13H,6-7,11H2/b17-10-. The lowest BCUT2D eigenvalue weighted by Crippen LogP contribution is -2.31. The molecule has 162 valence electrons. The van der Waals surface area contributed by atoms with Crippen molar-refractivity contribution in [2.24, 2.45) is 4.99 Å². The highest BCUT2D eigenvalue weighted by Crippen LogP contribution is 2.39. The van der Waals surface area contributed by atoms with E-state index in [0.29, 0.717) is 44.2 Å². The van der Waals surface area contributed by atoms with Crippen molar-refractivity contribution >= 4 is 57.8 Å². The summed E-state index contributed by atoms with van der Waals surface area (Å²) in [6.07, 6.45) is 3.70. The number of halogens is 3. The van der Waals surface area contributed by atoms with Crippen LogP contribution in [0.15, 0.2) is 57.6 Å². The van der Waals surface area contributed by atoms with Gasteiger partial charge in [-0.3, -0.25) is 9.69 Å². The average molecular weight is 489 g/mol. The van der Waals surface area contributed by atoms with Crippen LogP contribution in [0.3, 0.4) is 0 Å². The first-order valence-corrected chi connectivity index (χ1v) is 11.5. The van der Waals surface area contributed by atoms with Crippen LogP contribution in [0.4, 0.5) is 10.1 Å². The molecule has 5 rings (SSSR count). The molecule has 6 nitrogen and oxygen atoms in total. The number of amidine groups is 1. The number of benzene rings is 2. The fourth-order valence-corrected chi connectivity index (χ4v) is 4.29. The van der Waals surface area contributed by atoms with Crippen molar-refractivity contribution in [2.75, 3.05) is 4.90 Å². The van der Waals surface area contributed by atoms with E-state index in [2.05, 4.69) is 15.2 Å². The number of carbonyl (C=O) groups excluding carboxylic acids is 1. The van der Waals surface area contributed by atoms with Crippen molar-refractivity contribution in [1.29, 1.82) is 0 Å². The molecular weight excluding hydrogens is 474 g/mol. The highest BCUT2D eigenvalue weighted by atomic mass is 35.5. The second-order valence-electron chi connectivity index (χ2n) is 7.29. The molecule has 0 saturated heterocycles. The lowest BCUT2D eigenvalue weighted by molar-refractivity contribution is -0.113. The zero-order chi connectivity index (χ0) is 22.2. The van der Waals surface area contributed by atoms with Crippen LogP contribution < -0.4 is 4.90 Å². The van der Waals surface area contributed by atoms with Crippen LogP contribution >= 0.6 is 35.0 Å². The Morgan fingerprint density at radius 1 is 1.16 bits per heavy atom. The molecule has 0 atom stereocenters. The summed E-state index contributed by atoms with van der Waals surface area (Å²) >= 11 is 13.3. The van der Waals surface area contributed by atoms with Crippen molar-refractivity contribution < 1.29 is 13.6 Å². The highest BCUT2D eigenvalue weighted by molar-refractivity contribution is 8.13. The first-order chi connectivity index (χ1) is 15.5. The minimum absolute atomic E-state index is 0.116. The van der Waals surface area contributed by atoms with Gasteiger partial charge in [0.2, 0.25) is 11.8 Å². The number of amides is 1. The minimum atomic E-state index is -0.529. The Balaban J connectivity index is 1.46. The molecule has 2 aliphatic rings. The second kappa shape index (κ2) is 8.69. The molecule has 1 amide bonds. The second-order valence-corrected chi connectivity index (χ2v) is 9.04. The number of anilines is 1. The Morgan fingerprint density at radius 2 is 1.97 bits per heavy atom. The summed E-state index contributed by atoms with van der Waals surface area (Å²) in [6, 6.07) is 11.0. The van der Waals surface area contributed by atoms with E-state index in [1.807, 2.05) is 0 Å². The van der Waals surface area contributed by atoms with E-state index >= 15 is 0 Å². The summed E-state index contributed by atoms with van der Waals surface area (Å²) in [4.78, 5) is 18.9. The monoisotopic (exact) mass is 488 g/mol. The van der Waals surface area contributed by atoms with Crippen LogP contribution in [-0.2, 0) is 10.5 Å². The molecule has 2 heterocycles. The number of rotatable bonds is 5. The molecule has 32 heavy (non-hydrogen) atoms. The molecule has 10 heteroatoms. The van der Waals surface area contributed by atoms with Gasteiger partial charge in [-0.2, -0.15) is 0 Å². The largest absolute Gasteiger partial charge is 0.424 e. The van der Waals surface area contributed by atoms with Crippen LogP contribution in [0.1, 0.15) is 36.1 Å². The summed E-state index contributed by atoms with van der Waals surface area (Å²) in [6.45, 7) is 0. The van der Waals surface area contributed by atoms with Gasteiger partial charge in [-0.25, -0.2) is 9.38 Å². The minimum Gasteiger partial charge on any atom is -0.424 e. The van der Waals surface area contributed by atoms with E-state index in [9.17, 15) is 9.18 Å². The predicted molar refractivity (Wildman–Crippen MR) is 123 cm³/mol. The van der Waals surface area contributed by atoms with Gasteiger partial charge >= 0.3 is 0 Å². The van der Waals surface area contributed by atoms with Gasteiger partial charge < -0.3 is 4.42 Å². The maximum absolute atomic E-state index is 14.6. The maximum Gasteiger partial charge on any atom is 0.283 e. The fraction of sp³-hybridized carbons (Fsp3) is 0.182. The van der Waals surface area contributed by atoms with Gasteiger partial charge in [-0.1, -0.05) is 53.2 Å². The van der Waals surface area contributed by atoms with Gasteiger partial charge in [0.05, 0.1) is 21.5 Å². The van der Waals surface area contributed by atoms with Crippen LogP contribution in [0.25, 0.3) is 6.08 Å². The van der Waals surface area contributed by atoms with Crippen LogP contribution in [0, 0.1) is 5.82 Å². The van der Waals surface area contributed by atoms with Gasteiger partial charge in [-0.05, 0) is 48.7 Å². The number of carbonyl (C=O) groups is 1. The Kier molecular flexibility index (Phi) is 5.75. The molecule has 1 aliphatic heterocycles. The van der Waals surface area contributed by atoms with Crippen molar-refractivity contribution in [3.63, 3.8) is 0 Å². The molecule has 1 saturated carbocycles. The van der Waals surface area contributed by atoms with E-state index in [1.54, 1.807) is 36.4 Å². The zero-order valence-corrected chi connectivity index (χ0v) is 18.8. The van der Waals surface area contributed by atoms with E-state index in [1.165, 1.54) is 28.8 Å². The first kappa shape index (κ1) is 21.2. The average Bonchev–Trinajstić information content (AvgIpc) is 3.45. The number of aromatic nitrogens is 2. The van der Waals surface area contributed by atoms with Gasteiger partial charge in [0.25, 0.3) is 5.91 Å². The first-order valence-electron chi connectivity index (χ1n) is 9.79. The van der Waals surface area contributed by atoms with Crippen molar-refractivity contribution in [3.8, 4) is 0 Å². The molecule has 0 N–H and O–H groups in total. The quantitative estimate of drug-likeness (QED) is 0.407. The Hall–Kier alpha value is -2.68. The molecule has 0 bridgehead atoms. The smallest absolute Gasteiger partial charge is 0.283 e. The van der Waals surface area contributed by atoms with Crippen LogP contribution in [0.5, 0.6) is 0 Å². The lowest BCUT2D eigenvalue weighted by atomic mass is 10.2. The predicted octanol–water partition coefficient (Wildman–Crippen LogP) is 6.07. The number of hydrogen-bond acceptors (Lipinski definition) is 6. The number of thioether (sulfide) groups is 1. The number of aliphatic imine (C=N–C) groups is 1. The van der Waals surface area contributed by atoms with Gasteiger partial charge in [0.15, 0.2) is 5.17 Å². The van der Waals surface area contributed by atoms with Crippen molar-refractivity contribution in [2.45, 2.75) is 24.5 Å². The van der Waals surface area contributed by atoms with Gasteiger partial charge in [0.1, 0.15) is 11.5 Å². The summed E-state index contributed by atoms with van der Waals surface area (Å²) in [7, 11) is 0. The Labute approximate surface area is 197 Å². The SMILES string of the molecule is O=C1/C(=C/c2ccc(Cl)c(Cl)c2)N=C(SCc2nnc(C3CC3)o2)N1c1ccccc1F. The molecule has 1 aliphatic carbocycles. The summed E-state index contributed by atoms with van der Waals surface area (Å²) in [5.74, 6) is 0.740. The third-order valence-electron chi connectivity index (χ3n) is 4.90. The van der Waals surface area contributed by atoms with Crippen molar-refractivity contribution in [1.82, 2.24) is 10.2 Å². The lowest BCUT2D eigenvalue weighted by Gasteiger charge is -2.17. The van der Waals surface area contributed by atoms with Crippen LogP contribution in [-0.4, -0.2) is 21.3 Å². The Morgan fingerprint density at radius 3 is 2.72 bits per heavy atom.